The number of carbonyl (C=O) groups excluding carboxylic acids is 1. The van der Waals surface area contributed by atoms with Crippen molar-refractivity contribution in [2.75, 3.05) is 5.32 Å². The molecule has 1 aliphatic carbocycles. The fourth-order valence-corrected chi connectivity index (χ4v) is 4.67. The van der Waals surface area contributed by atoms with E-state index in [0.29, 0.717) is 28.8 Å². The molecule has 34 heavy (non-hydrogen) atoms. The van der Waals surface area contributed by atoms with Crippen molar-refractivity contribution in [3.8, 4) is 6.07 Å². The summed E-state index contributed by atoms with van der Waals surface area (Å²) in [5.74, 6) is 1.02. The van der Waals surface area contributed by atoms with Crippen LogP contribution in [0.2, 0.25) is 0 Å². The summed E-state index contributed by atoms with van der Waals surface area (Å²) in [6.45, 7) is 0.594. The average molecular weight is 446 g/mol. The number of carbonyl (C=O) groups is 1. The summed E-state index contributed by atoms with van der Waals surface area (Å²) in [6.07, 6.45) is 8.70. The second kappa shape index (κ2) is 9.48. The summed E-state index contributed by atoms with van der Waals surface area (Å²) in [6, 6.07) is 14.9. The van der Waals surface area contributed by atoms with Crippen molar-refractivity contribution < 1.29 is 4.79 Å². The van der Waals surface area contributed by atoms with Gasteiger partial charge in [0.2, 0.25) is 0 Å². The van der Waals surface area contributed by atoms with E-state index in [4.69, 9.17) is 18.1 Å². The molecule has 3 heterocycles. The van der Waals surface area contributed by atoms with Crippen LogP contribution < -0.4 is 10.8 Å². The van der Waals surface area contributed by atoms with Crippen molar-refractivity contribution in [1.29, 1.82) is 5.26 Å². The topological polar surface area (TPSA) is 96.0 Å². The van der Waals surface area contributed by atoms with Crippen LogP contribution in [0.1, 0.15) is 58.8 Å². The fourth-order valence-electron chi connectivity index (χ4n) is 4.67. The van der Waals surface area contributed by atoms with Gasteiger partial charge in [-0.15, -0.1) is 0 Å². The molecule has 4 aromatic rings. The predicted molar refractivity (Wildman–Crippen MR) is 130 cm³/mol. The predicted octanol–water partition coefficient (Wildman–Crippen LogP) is 3.56. The van der Waals surface area contributed by atoms with Crippen LogP contribution in [-0.4, -0.2) is 33.2 Å². The fraction of sp³-hybridized carbons (Fsp3) is 0.269. The zero-order valence-electron chi connectivity index (χ0n) is 18.7. The molecule has 166 valence electrons. The lowest BCUT2D eigenvalue weighted by atomic mass is 9.76. The number of nitriles is 1. The molecule has 7 nitrogen and oxygen atoms in total. The van der Waals surface area contributed by atoms with Gasteiger partial charge in [-0.1, -0.05) is 24.6 Å². The zero-order valence-corrected chi connectivity index (χ0v) is 18.7. The summed E-state index contributed by atoms with van der Waals surface area (Å²) in [5, 5.41) is 16.8. The monoisotopic (exact) mass is 446 g/mol. The molecule has 0 bridgehead atoms. The van der Waals surface area contributed by atoms with E-state index in [9.17, 15) is 4.79 Å². The molecule has 0 aliphatic heterocycles. The maximum atomic E-state index is 13.2. The Kier molecular flexibility index (Phi) is 6.09. The Bertz CT molecular complexity index is 1360. The Hall–Kier alpha value is -3.99. The van der Waals surface area contributed by atoms with Gasteiger partial charge in [0.1, 0.15) is 19.3 Å². The minimum Gasteiger partial charge on any atom is -0.366 e. The number of Topliss-reactive ketones (excluding diaryl/α,β-unsaturated/α-hetero) is 1. The van der Waals surface area contributed by atoms with Crippen molar-refractivity contribution in [3.05, 3.63) is 83.4 Å². The standard InChI is InChI=1S/C26H23BN6O/c27-22-16-31-33-24(30-15-18-3-2-10-29-14-18)12-23(32-26(22)33)20-4-1-5-21(11-20)25(34)19-8-6-17(13-28)7-9-19/h2-3,6-10,12,14,16,20-21,30H,1,4-5,11,15H2/t20?,21-/m0/s1. The number of ketones is 1. The molecule has 1 fully saturated rings. The number of hydrogen-bond donors (Lipinski definition) is 1. The molecule has 5 rings (SSSR count). The first kappa shape index (κ1) is 21.8. The highest BCUT2D eigenvalue weighted by Crippen LogP contribution is 2.37. The molecule has 1 N–H and O–H groups in total. The number of rotatable bonds is 6. The first-order chi connectivity index (χ1) is 16.6. The summed E-state index contributed by atoms with van der Waals surface area (Å²) < 4.78 is 1.72. The Morgan fingerprint density at radius 1 is 1.21 bits per heavy atom. The van der Waals surface area contributed by atoms with Gasteiger partial charge in [0.15, 0.2) is 5.78 Å². The molecule has 2 radical (unpaired) electrons. The lowest BCUT2D eigenvalue weighted by molar-refractivity contribution is 0.0880. The second-order valence-corrected chi connectivity index (χ2v) is 8.73. The highest BCUT2D eigenvalue weighted by molar-refractivity contribution is 6.36. The molecule has 0 amide bonds. The van der Waals surface area contributed by atoms with Gasteiger partial charge in [-0.25, -0.2) is 4.98 Å². The van der Waals surface area contributed by atoms with Crippen LogP contribution in [0.5, 0.6) is 0 Å². The summed E-state index contributed by atoms with van der Waals surface area (Å²) >= 11 is 0. The van der Waals surface area contributed by atoms with Gasteiger partial charge in [0.25, 0.3) is 0 Å². The van der Waals surface area contributed by atoms with E-state index in [1.165, 1.54) is 0 Å². The maximum absolute atomic E-state index is 13.2. The molecule has 2 atom stereocenters. The number of nitrogens with zero attached hydrogens (tertiary/aromatic N) is 5. The Morgan fingerprint density at radius 3 is 2.82 bits per heavy atom. The van der Waals surface area contributed by atoms with Gasteiger partial charge >= 0.3 is 0 Å². The number of benzene rings is 1. The van der Waals surface area contributed by atoms with E-state index in [1.807, 2.05) is 24.4 Å². The highest BCUT2D eigenvalue weighted by atomic mass is 16.1. The minimum absolute atomic E-state index is 0.0706. The normalized spacial score (nSPS) is 17.9. The Labute approximate surface area is 199 Å². The minimum atomic E-state index is -0.0706. The van der Waals surface area contributed by atoms with Crippen molar-refractivity contribution in [2.45, 2.75) is 38.1 Å². The zero-order chi connectivity index (χ0) is 23.5. The maximum Gasteiger partial charge on any atom is 0.165 e. The molecular weight excluding hydrogens is 423 g/mol. The summed E-state index contributed by atoms with van der Waals surface area (Å²) in [7, 11) is 6.17. The summed E-state index contributed by atoms with van der Waals surface area (Å²) in [4.78, 5) is 22.2. The number of anilines is 1. The molecule has 8 heteroatoms. The average Bonchev–Trinajstić information content (AvgIpc) is 3.28. The van der Waals surface area contributed by atoms with Crippen LogP contribution in [-0.2, 0) is 6.54 Å². The third-order valence-corrected chi connectivity index (χ3v) is 6.48. The number of fused-ring (bicyclic) bond motifs is 1. The number of hydrogen-bond acceptors (Lipinski definition) is 6. The largest absolute Gasteiger partial charge is 0.366 e. The smallest absolute Gasteiger partial charge is 0.165 e. The molecule has 0 saturated heterocycles. The van der Waals surface area contributed by atoms with E-state index >= 15 is 0 Å². The molecule has 1 aromatic carbocycles. The number of pyridine rings is 1. The molecule has 1 saturated carbocycles. The van der Waals surface area contributed by atoms with Gasteiger partial charge < -0.3 is 5.32 Å². The van der Waals surface area contributed by atoms with Crippen LogP contribution >= 0.6 is 0 Å². The van der Waals surface area contributed by atoms with E-state index in [2.05, 4.69) is 21.5 Å². The highest BCUT2D eigenvalue weighted by Gasteiger charge is 2.30. The van der Waals surface area contributed by atoms with E-state index in [1.54, 1.807) is 41.2 Å². The lowest BCUT2D eigenvalue weighted by Gasteiger charge is -2.28. The van der Waals surface area contributed by atoms with Gasteiger partial charge in [-0.3, -0.25) is 9.78 Å². The van der Waals surface area contributed by atoms with Gasteiger partial charge in [-0.05, 0) is 48.5 Å². The quantitative estimate of drug-likeness (QED) is 0.360. The summed E-state index contributed by atoms with van der Waals surface area (Å²) in [5.41, 5.74) is 4.33. The van der Waals surface area contributed by atoms with Crippen LogP contribution in [0.4, 0.5) is 5.82 Å². The van der Waals surface area contributed by atoms with E-state index in [0.717, 1.165) is 42.8 Å². The van der Waals surface area contributed by atoms with E-state index < -0.39 is 0 Å². The third kappa shape index (κ3) is 4.42. The molecule has 3 aromatic heterocycles. The second-order valence-electron chi connectivity index (χ2n) is 8.73. The lowest BCUT2D eigenvalue weighted by Crippen LogP contribution is -2.23. The number of nitrogens with one attached hydrogen (secondary N) is 1. The van der Waals surface area contributed by atoms with Crippen molar-refractivity contribution in [2.24, 2.45) is 5.92 Å². The van der Waals surface area contributed by atoms with Gasteiger partial charge in [0.05, 0.1) is 11.6 Å². The Balaban J connectivity index is 1.39. The molecule has 1 aliphatic rings. The molecule has 1 unspecified atom stereocenters. The van der Waals surface area contributed by atoms with Crippen LogP contribution in [0.3, 0.4) is 0 Å². The number of aromatic nitrogens is 4. The Morgan fingerprint density at radius 2 is 2.06 bits per heavy atom. The van der Waals surface area contributed by atoms with Crippen LogP contribution in [0.25, 0.3) is 5.65 Å². The van der Waals surface area contributed by atoms with E-state index in [-0.39, 0.29) is 17.6 Å². The van der Waals surface area contributed by atoms with Crippen LogP contribution in [0.15, 0.2) is 61.1 Å². The van der Waals surface area contributed by atoms with Crippen LogP contribution in [0, 0.1) is 17.2 Å². The van der Waals surface area contributed by atoms with Crippen molar-refractivity contribution in [1.82, 2.24) is 19.6 Å². The van der Waals surface area contributed by atoms with Gasteiger partial charge in [-0.2, -0.15) is 14.9 Å². The molecule has 0 spiro atoms. The SMILES string of the molecule is [B]c1cnn2c(NCc3cccnc3)cc(C3CCC[C@H](C(=O)c4ccc(C#N)cc4)C3)nc12. The first-order valence-electron chi connectivity index (χ1n) is 11.4. The first-order valence-corrected chi connectivity index (χ1v) is 11.4. The molecular formula is C26H23BN6O. The van der Waals surface area contributed by atoms with Gasteiger partial charge in [0, 0.05) is 54.3 Å². The van der Waals surface area contributed by atoms with Crippen molar-refractivity contribution >= 4 is 30.6 Å². The van der Waals surface area contributed by atoms with Crippen molar-refractivity contribution in [3.63, 3.8) is 0 Å². The third-order valence-electron chi connectivity index (χ3n) is 6.48.